The van der Waals surface area contributed by atoms with E-state index in [2.05, 4.69) is 0 Å². The first-order chi connectivity index (χ1) is 26.5. The molecule has 4 rings (SSSR count). The van der Waals surface area contributed by atoms with Gasteiger partial charge in [-0.15, -0.1) is 0 Å². The van der Waals surface area contributed by atoms with E-state index in [0.29, 0.717) is 12.1 Å². The number of amides is 2. The molecule has 4 N–H and O–H groups in total. The molecule has 0 aromatic heterocycles. The molecule has 0 aliphatic rings. The van der Waals surface area contributed by atoms with E-state index in [0.717, 1.165) is 86.6 Å². The monoisotopic (exact) mass is 928 g/mol. The Morgan fingerprint density at radius 2 is 0.867 bits per heavy atom. The number of carbonyl (C=O) groups is 2. The van der Waals surface area contributed by atoms with Crippen molar-refractivity contribution in [3.8, 4) is 12.1 Å². The van der Waals surface area contributed by atoms with Crippen molar-refractivity contribution in [2.45, 2.75) is 47.2 Å². The average Bonchev–Trinajstić information content (AvgIpc) is 3.10. The van der Waals surface area contributed by atoms with E-state index in [4.69, 9.17) is 10.5 Å². The van der Waals surface area contributed by atoms with Crippen molar-refractivity contribution in [2.75, 3.05) is 22.1 Å². The zero-order valence-electron chi connectivity index (χ0n) is 30.6. The Morgan fingerprint density at radius 3 is 1.12 bits per heavy atom. The molecular formula is C36H32F8N4O8S4. The minimum absolute atomic E-state index is 0. The molecule has 24 heteroatoms. The Kier molecular flexibility index (Phi) is 17.5. The van der Waals surface area contributed by atoms with Crippen molar-refractivity contribution in [3.05, 3.63) is 119 Å². The highest BCUT2D eigenvalue weighted by atomic mass is 32.2. The lowest BCUT2D eigenvalue weighted by Crippen LogP contribution is -2.45. The van der Waals surface area contributed by atoms with Gasteiger partial charge in [-0.2, -0.15) is 63.9 Å². The molecule has 4 aromatic rings. The van der Waals surface area contributed by atoms with Crippen molar-refractivity contribution < 1.29 is 71.8 Å². The van der Waals surface area contributed by atoms with Gasteiger partial charge in [0.25, 0.3) is 11.8 Å². The molecule has 0 bridgehead atoms. The standard InChI is InChI=1S/2C18H14F4N2O4S.2H2S/c2*1-17(26,10-29(27,28)14-6-3-12(19)4-7-14)16(25)24-13-5-2-11(9-23)15(8-13)18(20,21)22;;/h2*2-8,26H,10H2,1H3,(H,24,25);2*1H2/t2*17-;;/m11../s1. The van der Waals surface area contributed by atoms with E-state index in [1.165, 1.54) is 12.1 Å². The number of hydrogen-bond acceptors (Lipinski definition) is 10. The number of nitriles is 2. The molecule has 0 spiro atoms. The molecule has 2 atom stereocenters. The minimum Gasteiger partial charge on any atom is -0.379 e. The maximum Gasteiger partial charge on any atom is 0.417 e. The van der Waals surface area contributed by atoms with Crippen LogP contribution in [0.4, 0.5) is 46.5 Å². The third kappa shape index (κ3) is 13.9. The summed E-state index contributed by atoms with van der Waals surface area (Å²) in [6.07, 6.45) is -9.72. The second kappa shape index (κ2) is 19.9. The van der Waals surface area contributed by atoms with Gasteiger partial charge in [-0.05, 0) is 98.8 Å². The molecule has 0 radical (unpaired) electrons. The van der Waals surface area contributed by atoms with Gasteiger partial charge in [0.1, 0.15) is 11.6 Å². The third-order valence-electron chi connectivity index (χ3n) is 7.67. The molecule has 0 fully saturated rings. The van der Waals surface area contributed by atoms with Crippen molar-refractivity contribution in [1.29, 1.82) is 10.5 Å². The van der Waals surface area contributed by atoms with Gasteiger partial charge >= 0.3 is 12.4 Å². The summed E-state index contributed by atoms with van der Waals surface area (Å²) in [5.74, 6) is -6.12. The van der Waals surface area contributed by atoms with Crippen LogP contribution in [0.25, 0.3) is 0 Å². The van der Waals surface area contributed by atoms with Gasteiger partial charge in [0, 0.05) is 11.4 Å². The van der Waals surface area contributed by atoms with E-state index in [9.17, 15) is 71.8 Å². The average molecular weight is 929 g/mol. The number of carbonyl (C=O) groups excluding carboxylic acids is 2. The largest absolute Gasteiger partial charge is 0.417 e. The first-order valence-corrected chi connectivity index (χ1v) is 19.1. The summed E-state index contributed by atoms with van der Waals surface area (Å²) in [6.45, 7) is 1.75. The number of halogens is 8. The van der Waals surface area contributed by atoms with Crippen molar-refractivity contribution in [3.63, 3.8) is 0 Å². The van der Waals surface area contributed by atoms with Gasteiger partial charge in [0.2, 0.25) is 0 Å². The number of alkyl halides is 6. The lowest BCUT2D eigenvalue weighted by atomic mass is 10.1. The molecule has 0 saturated carbocycles. The molecule has 4 aromatic carbocycles. The third-order valence-corrected chi connectivity index (χ3v) is 11.5. The molecule has 12 nitrogen and oxygen atoms in total. The maximum atomic E-state index is 13.0. The Hall–Kier alpha value is -5.24. The molecule has 0 aliphatic heterocycles. The number of hydrogen-bond donors (Lipinski definition) is 4. The fourth-order valence-corrected chi connectivity index (χ4v) is 7.94. The van der Waals surface area contributed by atoms with Crippen LogP contribution in [-0.2, 0) is 41.6 Å². The highest BCUT2D eigenvalue weighted by Crippen LogP contribution is 2.35. The lowest BCUT2D eigenvalue weighted by molar-refractivity contribution is -0.138. The molecule has 0 saturated heterocycles. The van der Waals surface area contributed by atoms with Crippen molar-refractivity contribution in [1.82, 2.24) is 0 Å². The molecular weight excluding hydrogens is 897 g/mol. The predicted molar refractivity (Wildman–Crippen MR) is 208 cm³/mol. The number of nitrogens with one attached hydrogen (secondary N) is 2. The molecule has 0 heterocycles. The van der Waals surface area contributed by atoms with E-state index in [-0.39, 0.29) is 48.2 Å². The van der Waals surface area contributed by atoms with Crippen LogP contribution in [0.3, 0.4) is 0 Å². The zero-order valence-corrected chi connectivity index (χ0v) is 34.2. The normalized spacial score (nSPS) is 13.5. The number of sulfone groups is 2. The number of rotatable bonds is 10. The molecule has 2 amide bonds. The summed E-state index contributed by atoms with van der Waals surface area (Å²) in [5.41, 5.74) is -9.73. The minimum atomic E-state index is -4.86. The summed E-state index contributed by atoms with van der Waals surface area (Å²) in [4.78, 5) is 23.9. The number of nitrogens with zero attached hydrogens (tertiary/aromatic N) is 2. The van der Waals surface area contributed by atoms with E-state index in [1.54, 1.807) is 0 Å². The van der Waals surface area contributed by atoms with E-state index >= 15 is 0 Å². The van der Waals surface area contributed by atoms with Crippen LogP contribution >= 0.6 is 27.0 Å². The number of aliphatic hydroxyl groups is 2. The first kappa shape index (κ1) is 52.8. The topological polar surface area (TPSA) is 215 Å². The highest BCUT2D eigenvalue weighted by Gasteiger charge is 2.40. The maximum absolute atomic E-state index is 13.0. The van der Waals surface area contributed by atoms with Crippen LogP contribution in [0.5, 0.6) is 0 Å². The van der Waals surface area contributed by atoms with Gasteiger partial charge in [-0.25, -0.2) is 25.6 Å². The summed E-state index contributed by atoms with van der Waals surface area (Å²) in [5, 5.41) is 42.1. The van der Waals surface area contributed by atoms with Gasteiger partial charge in [-0.3, -0.25) is 9.59 Å². The summed E-state index contributed by atoms with van der Waals surface area (Å²) < 4.78 is 153. The lowest BCUT2D eigenvalue weighted by Gasteiger charge is -2.22. The summed E-state index contributed by atoms with van der Waals surface area (Å²) in [6, 6.07) is 14.8. The molecule has 324 valence electrons. The molecule has 0 aliphatic carbocycles. The van der Waals surface area contributed by atoms with Crippen molar-refractivity contribution in [2.24, 2.45) is 0 Å². The Labute approximate surface area is 351 Å². The fourth-order valence-electron chi connectivity index (χ4n) is 4.76. The van der Waals surface area contributed by atoms with Crippen LogP contribution in [-0.4, -0.2) is 61.6 Å². The van der Waals surface area contributed by atoms with Crippen LogP contribution in [0.1, 0.15) is 36.1 Å². The van der Waals surface area contributed by atoms with Gasteiger partial charge in [-0.1, -0.05) is 0 Å². The molecule has 60 heavy (non-hydrogen) atoms. The second-order valence-electron chi connectivity index (χ2n) is 12.6. The van der Waals surface area contributed by atoms with Crippen LogP contribution < -0.4 is 10.6 Å². The number of benzene rings is 4. The fraction of sp³-hybridized carbons (Fsp3) is 0.222. The number of anilines is 2. The zero-order chi connectivity index (χ0) is 44.1. The Balaban J connectivity index is 0.000000581. The van der Waals surface area contributed by atoms with Crippen LogP contribution in [0.2, 0.25) is 0 Å². The van der Waals surface area contributed by atoms with Gasteiger partial charge in [0.05, 0.1) is 55.7 Å². The van der Waals surface area contributed by atoms with Crippen LogP contribution in [0.15, 0.2) is 94.7 Å². The second-order valence-corrected chi connectivity index (χ2v) is 16.6. The first-order valence-electron chi connectivity index (χ1n) is 15.8. The van der Waals surface area contributed by atoms with E-state index in [1.807, 2.05) is 10.6 Å². The summed E-state index contributed by atoms with van der Waals surface area (Å²) >= 11 is 0. The SMILES string of the molecule is C[C@@](O)(CS(=O)(=O)c1ccc(F)cc1)C(=O)Nc1ccc(C#N)c(C(F)(F)F)c1.C[C@@](O)(CS(=O)(=O)c1ccc(F)cc1)C(=O)Nc1ccc(C#N)c(C(F)(F)F)c1.S.S. The van der Waals surface area contributed by atoms with E-state index < -0.39 is 100 Å². The quantitative estimate of drug-likeness (QED) is 0.108. The molecule has 0 unspecified atom stereocenters. The highest BCUT2D eigenvalue weighted by molar-refractivity contribution is 7.91. The Bertz CT molecular complexity index is 2330. The van der Waals surface area contributed by atoms with Gasteiger partial charge < -0.3 is 20.8 Å². The predicted octanol–water partition coefficient (Wildman–Crippen LogP) is 5.98. The smallest absolute Gasteiger partial charge is 0.379 e. The summed E-state index contributed by atoms with van der Waals surface area (Å²) in [7, 11) is -8.43. The van der Waals surface area contributed by atoms with Crippen LogP contribution in [0, 0.1) is 34.3 Å². The van der Waals surface area contributed by atoms with Gasteiger partial charge in [0.15, 0.2) is 30.9 Å². The van der Waals surface area contributed by atoms with Crippen molar-refractivity contribution >= 4 is 69.9 Å². The Morgan fingerprint density at radius 1 is 0.583 bits per heavy atom.